The zero-order chi connectivity index (χ0) is 11.5. The van der Waals surface area contributed by atoms with E-state index in [2.05, 4.69) is 42.1 Å². The van der Waals surface area contributed by atoms with Gasteiger partial charge in [-0.25, -0.2) is 0 Å². The minimum Gasteiger partial charge on any atom is -0.399 e. The van der Waals surface area contributed by atoms with Gasteiger partial charge in [0, 0.05) is 17.4 Å². The van der Waals surface area contributed by atoms with E-state index in [1.165, 1.54) is 11.1 Å². The van der Waals surface area contributed by atoms with Crippen LogP contribution in [0.1, 0.15) is 24.1 Å². The second-order valence-corrected chi connectivity index (χ2v) is 4.84. The number of aryl methyl sites for hydroxylation is 1. The van der Waals surface area contributed by atoms with Crippen molar-refractivity contribution >= 4 is 22.7 Å². The van der Waals surface area contributed by atoms with Gasteiger partial charge in [0.25, 0.3) is 0 Å². The Bertz CT molecular complexity index is 443. The van der Waals surface area contributed by atoms with Crippen LogP contribution in [0, 0.1) is 6.92 Å². The molecule has 0 aliphatic rings. The van der Waals surface area contributed by atoms with E-state index >= 15 is 0 Å². The Kier molecular flexibility index (Phi) is 3.15. The van der Waals surface area contributed by atoms with Crippen LogP contribution in [0.4, 0.5) is 11.4 Å². The fourth-order valence-electron chi connectivity index (χ4n) is 1.75. The SMILES string of the molecule is Cc1cc(N)cc(NC(C)c2ccsc2)c1. The molecule has 84 valence electrons. The molecule has 0 radical (unpaired) electrons. The van der Waals surface area contributed by atoms with Gasteiger partial charge < -0.3 is 11.1 Å². The summed E-state index contributed by atoms with van der Waals surface area (Å²) in [4.78, 5) is 0. The number of benzene rings is 1. The highest BCUT2D eigenvalue weighted by atomic mass is 32.1. The van der Waals surface area contributed by atoms with Crippen molar-refractivity contribution in [2.24, 2.45) is 0 Å². The molecular weight excluding hydrogens is 216 g/mol. The molecule has 1 heterocycles. The van der Waals surface area contributed by atoms with Crippen LogP contribution >= 0.6 is 11.3 Å². The zero-order valence-electron chi connectivity index (χ0n) is 9.53. The van der Waals surface area contributed by atoms with E-state index in [0.29, 0.717) is 6.04 Å². The molecular formula is C13H16N2S. The van der Waals surface area contributed by atoms with Gasteiger partial charge in [-0.05, 0) is 60.0 Å². The van der Waals surface area contributed by atoms with Gasteiger partial charge in [-0.3, -0.25) is 0 Å². The van der Waals surface area contributed by atoms with E-state index < -0.39 is 0 Å². The Morgan fingerprint density at radius 1 is 1.31 bits per heavy atom. The lowest BCUT2D eigenvalue weighted by atomic mass is 10.1. The molecule has 2 rings (SSSR count). The predicted octanol–water partition coefficient (Wildman–Crippen LogP) is 3.81. The molecule has 2 nitrogen and oxygen atoms in total. The van der Waals surface area contributed by atoms with Crippen LogP contribution < -0.4 is 11.1 Å². The normalized spacial score (nSPS) is 12.4. The first kappa shape index (κ1) is 11.0. The minimum atomic E-state index is 0.312. The Hall–Kier alpha value is -1.48. The van der Waals surface area contributed by atoms with Gasteiger partial charge >= 0.3 is 0 Å². The molecule has 0 aliphatic heterocycles. The number of anilines is 2. The lowest BCUT2D eigenvalue weighted by Gasteiger charge is -2.15. The second kappa shape index (κ2) is 4.58. The largest absolute Gasteiger partial charge is 0.399 e. The number of rotatable bonds is 3. The zero-order valence-corrected chi connectivity index (χ0v) is 10.3. The highest BCUT2D eigenvalue weighted by molar-refractivity contribution is 7.07. The molecule has 1 unspecified atom stereocenters. The van der Waals surface area contributed by atoms with Crippen LogP contribution in [-0.2, 0) is 0 Å². The van der Waals surface area contributed by atoms with Crippen LogP contribution in [-0.4, -0.2) is 0 Å². The number of hydrogen-bond donors (Lipinski definition) is 2. The third kappa shape index (κ3) is 2.55. The third-order valence-corrected chi connectivity index (χ3v) is 3.23. The van der Waals surface area contributed by atoms with Gasteiger partial charge in [0.1, 0.15) is 0 Å². The monoisotopic (exact) mass is 232 g/mol. The van der Waals surface area contributed by atoms with Gasteiger partial charge in [-0.15, -0.1) is 0 Å². The summed E-state index contributed by atoms with van der Waals surface area (Å²) >= 11 is 1.72. The summed E-state index contributed by atoms with van der Waals surface area (Å²) in [6.45, 7) is 4.21. The predicted molar refractivity (Wildman–Crippen MR) is 71.9 cm³/mol. The fraction of sp³-hybridized carbons (Fsp3) is 0.231. The molecule has 0 aliphatic carbocycles. The number of hydrogen-bond acceptors (Lipinski definition) is 3. The smallest absolute Gasteiger partial charge is 0.0493 e. The van der Waals surface area contributed by atoms with Gasteiger partial charge in [-0.1, -0.05) is 0 Å². The average Bonchev–Trinajstić information content (AvgIpc) is 2.68. The van der Waals surface area contributed by atoms with Crippen molar-refractivity contribution in [3.05, 3.63) is 46.2 Å². The molecule has 0 amide bonds. The highest BCUT2D eigenvalue weighted by Crippen LogP contribution is 2.23. The van der Waals surface area contributed by atoms with E-state index in [0.717, 1.165) is 11.4 Å². The molecule has 0 saturated heterocycles. The summed E-state index contributed by atoms with van der Waals surface area (Å²) in [7, 11) is 0. The van der Waals surface area contributed by atoms with Crippen molar-refractivity contribution in [1.82, 2.24) is 0 Å². The molecule has 1 atom stereocenters. The third-order valence-electron chi connectivity index (χ3n) is 2.53. The first-order chi connectivity index (χ1) is 7.65. The van der Waals surface area contributed by atoms with Gasteiger partial charge in [0.15, 0.2) is 0 Å². The molecule has 0 bridgehead atoms. The number of thiophene rings is 1. The van der Waals surface area contributed by atoms with Crippen molar-refractivity contribution < 1.29 is 0 Å². The van der Waals surface area contributed by atoms with E-state index in [4.69, 9.17) is 5.73 Å². The van der Waals surface area contributed by atoms with Crippen LogP contribution in [0.25, 0.3) is 0 Å². The van der Waals surface area contributed by atoms with Crippen LogP contribution in [0.5, 0.6) is 0 Å². The second-order valence-electron chi connectivity index (χ2n) is 4.06. The van der Waals surface area contributed by atoms with Gasteiger partial charge in [0.2, 0.25) is 0 Å². The molecule has 2 aromatic rings. The summed E-state index contributed by atoms with van der Waals surface area (Å²) in [5, 5.41) is 7.71. The number of nitrogens with one attached hydrogen (secondary N) is 1. The lowest BCUT2D eigenvalue weighted by Crippen LogP contribution is -2.05. The first-order valence-electron chi connectivity index (χ1n) is 5.31. The molecule has 1 aromatic carbocycles. The van der Waals surface area contributed by atoms with Crippen molar-refractivity contribution in [3.63, 3.8) is 0 Å². The maximum atomic E-state index is 5.82. The Labute approximate surface area is 100 Å². The summed E-state index contributed by atoms with van der Waals surface area (Å²) in [6, 6.07) is 8.50. The maximum Gasteiger partial charge on any atom is 0.0493 e. The molecule has 0 saturated carbocycles. The lowest BCUT2D eigenvalue weighted by molar-refractivity contribution is 0.890. The fourth-order valence-corrected chi connectivity index (χ4v) is 2.50. The molecule has 0 fully saturated rings. The van der Waals surface area contributed by atoms with E-state index in [9.17, 15) is 0 Å². The van der Waals surface area contributed by atoms with Crippen molar-refractivity contribution in [1.29, 1.82) is 0 Å². The minimum absolute atomic E-state index is 0.312. The van der Waals surface area contributed by atoms with Crippen molar-refractivity contribution in [2.75, 3.05) is 11.1 Å². The van der Waals surface area contributed by atoms with Crippen molar-refractivity contribution in [3.8, 4) is 0 Å². The quantitative estimate of drug-likeness (QED) is 0.790. The highest BCUT2D eigenvalue weighted by Gasteiger charge is 2.05. The Morgan fingerprint density at radius 3 is 2.75 bits per heavy atom. The van der Waals surface area contributed by atoms with Crippen LogP contribution in [0.2, 0.25) is 0 Å². The van der Waals surface area contributed by atoms with E-state index in [1.54, 1.807) is 11.3 Å². The molecule has 3 N–H and O–H groups in total. The summed E-state index contributed by atoms with van der Waals surface area (Å²) in [5.74, 6) is 0. The van der Waals surface area contributed by atoms with Gasteiger partial charge in [-0.2, -0.15) is 11.3 Å². The van der Waals surface area contributed by atoms with E-state index in [1.807, 2.05) is 12.1 Å². The molecule has 1 aromatic heterocycles. The maximum absolute atomic E-state index is 5.82. The summed E-state index contributed by atoms with van der Waals surface area (Å²) in [6.07, 6.45) is 0. The van der Waals surface area contributed by atoms with Crippen LogP contribution in [0.15, 0.2) is 35.0 Å². The standard InChI is InChI=1S/C13H16N2S/c1-9-5-12(14)7-13(6-9)15-10(2)11-3-4-16-8-11/h3-8,10,15H,14H2,1-2H3. The van der Waals surface area contributed by atoms with E-state index in [-0.39, 0.29) is 0 Å². The molecule has 3 heteroatoms. The number of nitrogen functional groups attached to an aromatic ring is 1. The van der Waals surface area contributed by atoms with Crippen LogP contribution in [0.3, 0.4) is 0 Å². The Morgan fingerprint density at radius 2 is 2.12 bits per heavy atom. The topological polar surface area (TPSA) is 38.0 Å². The number of nitrogens with two attached hydrogens (primary N) is 1. The summed E-state index contributed by atoms with van der Waals surface area (Å²) in [5.41, 5.74) is 10.2. The van der Waals surface area contributed by atoms with Crippen molar-refractivity contribution in [2.45, 2.75) is 19.9 Å². The van der Waals surface area contributed by atoms with Gasteiger partial charge in [0.05, 0.1) is 0 Å². The summed E-state index contributed by atoms with van der Waals surface area (Å²) < 4.78 is 0. The Balaban J connectivity index is 2.15. The first-order valence-corrected chi connectivity index (χ1v) is 6.25. The molecule has 16 heavy (non-hydrogen) atoms. The average molecular weight is 232 g/mol. The molecule has 0 spiro atoms.